The Bertz CT molecular complexity index is 370. The van der Waals surface area contributed by atoms with Gasteiger partial charge in [0.2, 0.25) is 5.91 Å². The number of carbonyl (C=O) groups excluding carboxylic acids is 1. The minimum Gasteiger partial charge on any atom is -0.353 e. The summed E-state index contributed by atoms with van der Waals surface area (Å²) in [5.41, 5.74) is 1.06. The van der Waals surface area contributed by atoms with Crippen LogP contribution >= 0.6 is 11.6 Å². The van der Waals surface area contributed by atoms with Gasteiger partial charge in [-0.3, -0.25) is 4.79 Å². The molecular weight excluding hydrogens is 246 g/mol. The number of hydrogen-bond donors (Lipinski definition) is 1. The van der Waals surface area contributed by atoms with Crippen molar-refractivity contribution < 1.29 is 4.79 Å². The van der Waals surface area contributed by atoms with Crippen LogP contribution in [0.2, 0.25) is 0 Å². The molecule has 0 heterocycles. The third-order valence-corrected chi connectivity index (χ3v) is 3.20. The Morgan fingerprint density at radius 3 is 2.39 bits per heavy atom. The fourth-order valence-corrected chi connectivity index (χ4v) is 2.08. The maximum atomic E-state index is 12.0. The molecule has 2 nitrogen and oxygen atoms in total. The molecule has 0 spiro atoms. The predicted molar refractivity (Wildman–Crippen MR) is 76.9 cm³/mol. The highest BCUT2D eigenvalue weighted by molar-refractivity contribution is 6.17. The lowest BCUT2D eigenvalue weighted by Crippen LogP contribution is -2.44. The SMILES string of the molecule is CC(C)(C)C(CCCl)NC(=O)Cc1ccccc1. The summed E-state index contributed by atoms with van der Waals surface area (Å²) in [6.45, 7) is 6.35. The van der Waals surface area contributed by atoms with E-state index in [-0.39, 0.29) is 17.4 Å². The van der Waals surface area contributed by atoms with Gasteiger partial charge in [0.15, 0.2) is 0 Å². The zero-order valence-corrected chi connectivity index (χ0v) is 12.1. The second-order valence-electron chi connectivity index (χ2n) is 5.63. The number of nitrogens with one attached hydrogen (secondary N) is 1. The summed E-state index contributed by atoms with van der Waals surface area (Å²) in [4.78, 5) is 12.0. The standard InChI is InChI=1S/C15H22ClNO/c1-15(2,3)13(9-10-16)17-14(18)11-12-7-5-4-6-8-12/h4-8,13H,9-11H2,1-3H3,(H,17,18). The molecule has 1 atom stereocenters. The Morgan fingerprint density at radius 1 is 1.28 bits per heavy atom. The average molecular weight is 268 g/mol. The fraction of sp³-hybridized carbons (Fsp3) is 0.533. The third-order valence-electron chi connectivity index (χ3n) is 2.99. The quantitative estimate of drug-likeness (QED) is 0.814. The summed E-state index contributed by atoms with van der Waals surface area (Å²) in [6.07, 6.45) is 1.22. The Labute approximate surface area is 115 Å². The van der Waals surface area contributed by atoms with E-state index in [1.807, 2.05) is 30.3 Å². The molecule has 1 aromatic rings. The van der Waals surface area contributed by atoms with Gasteiger partial charge in [0.05, 0.1) is 6.42 Å². The molecule has 100 valence electrons. The Hall–Kier alpha value is -1.02. The van der Waals surface area contributed by atoms with Crippen molar-refractivity contribution in [3.05, 3.63) is 35.9 Å². The first-order valence-corrected chi connectivity index (χ1v) is 6.86. The van der Waals surface area contributed by atoms with E-state index in [2.05, 4.69) is 26.1 Å². The van der Waals surface area contributed by atoms with Gasteiger partial charge < -0.3 is 5.32 Å². The Balaban J connectivity index is 2.57. The highest BCUT2D eigenvalue weighted by atomic mass is 35.5. The number of alkyl halides is 1. The van der Waals surface area contributed by atoms with Crippen LogP contribution in [0.4, 0.5) is 0 Å². The van der Waals surface area contributed by atoms with Gasteiger partial charge in [0, 0.05) is 11.9 Å². The first-order chi connectivity index (χ1) is 8.43. The lowest BCUT2D eigenvalue weighted by molar-refractivity contribution is -0.121. The maximum absolute atomic E-state index is 12.0. The molecule has 0 saturated heterocycles. The van der Waals surface area contributed by atoms with Crippen LogP contribution < -0.4 is 5.32 Å². The van der Waals surface area contributed by atoms with Crippen molar-refractivity contribution in [1.82, 2.24) is 5.32 Å². The second-order valence-corrected chi connectivity index (χ2v) is 6.00. The molecule has 0 saturated carbocycles. The van der Waals surface area contributed by atoms with Gasteiger partial charge in [-0.2, -0.15) is 0 Å². The number of hydrogen-bond acceptors (Lipinski definition) is 1. The number of amides is 1. The second kappa shape index (κ2) is 6.79. The maximum Gasteiger partial charge on any atom is 0.224 e. The molecule has 3 heteroatoms. The molecule has 0 radical (unpaired) electrons. The minimum absolute atomic E-state index is 0.0290. The summed E-state index contributed by atoms with van der Waals surface area (Å²) in [7, 11) is 0. The van der Waals surface area contributed by atoms with Gasteiger partial charge in [-0.15, -0.1) is 11.6 Å². The predicted octanol–water partition coefficient (Wildman–Crippen LogP) is 3.39. The van der Waals surface area contributed by atoms with Crippen LogP contribution in [0.5, 0.6) is 0 Å². The van der Waals surface area contributed by atoms with Gasteiger partial charge in [-0.05, 0) is 17.4 Å². The van der Waals surface area contributed by atoms with Crippen LogP contribution in [0.1, 0.15) is 32.8 Å². The fourth-order valence-electron chi connectivity index (χ4n) is 1.86. The van der Waals surface area contributed by atoms with E-state index in [0.29, 0.717) is 12.3 Å². The summed E-state index contributed by atoms with van der Waals surface area (Å²) in [5, 5.41) is 3.08. The highest BCUT2D eigenvalue weighted by Gasteiger charge is 2.25. The summed E-state index contributed by atoms with van der Waals surface area (Å²) < 4.78 is 0. The summed E-state index contributed by atoms with van der Waals surface area (Å²) in [6, 6.07) is 9.89. The topological polar surface area (TPSA) is 29.1 Å². The third kappa shape index (κ3) is 5.09. The molecule has 0 aliphatic rings. The van der Waals surface area contributed by atoms with Crippen LogP contribution in [0.25, 0.3) is 0 Å². The molecule has 0 aliphatic heterocycles. The monoisotopic (exact) mass is 267 g/mol. The lowest BCUT2D eigenvalue weighted by Gasteiger charge is -2.31. The van der Waals surface area contributed by atoms with Crippen molar-refractivity contribution in [2.24, 2.45) is 5.41 Å². The Kier molecular flexibility index (Phi) is 5.67. The van der Waals surface area contributed by atoms with E-state index in [4.69, 9.17) is 11.6 Å². The zero-order valence-electron chi connectivity index (χ0n) is 11.4. The van der Waals surface area contributed by atoms with Crippen LogP contribution in [-0.4, -0.2) is 17.8 Å². The van der Waals surface area contributed by atoms with E-state index in [0.717, 1.165) is 12.0 Å². The molecule has 0 aliphatic carbocycles. The van der Waals surface area contributed by atoms with E-state index in [1.165, 1.54) is 0 Å². The number of carbonyl (C=O) groups is 1. The number of halogens is 1. The van der Waals surface area contributed by atoms with Gasteiger partial charge in [-0.1, -0.05) is 51.1 Å². The van der Waals surface area contributed by atoms with E-state index >= 15 is 0 Å². The van der Waals surface area contributed by atoms with Gasteiger partial charge >= 0.3 is 0 Å². The molecule has 1 rings (SSSR count). The normalized spacial score (nSPS) is 13.1. The number of rotatable bonds is 5. The molecule has 1 N–H and O–H groups in total. The van der Waals surface area contributed by atoms with Gasteiger partial charge in [0.25, 0.3) is 0 Å². The summed E-state index contributed by atoms with van der Waals surface area (Å²) >= 11 is 5.79. The molecule has 0 fully saturated rings. The van der Waals surface area contributed by atoms with E-state index in [9.17, 15) is 4.79 Å². The smallest absolute Gasteiger partial charge is 0.224 e. The van der Waals surface area contributed by atoms with E-state index in [1.54, 1.807) is 0 Å². The van der Waals surface area contributed by atoms with Crippen molar-refractivity contribution in [3.8, 4) is 0 Å². The molecule has 0 bridgehead atoms. The lowest BCUT2D eigenvalue weighted by atomic mass is 9.85. The molecular formula is C15H22ClNO. The molecule has 1 amide bonds. The van der Waals surface area contributed by atoms with Gasteiger partial charge in [0.1, 0.15) is 0 Å². The van der Waals surface area contributed by atoms with Crippen LogP contribution in [0.15, 0.2) is 30.3 Å². The molecule has 1 aromatic carbocycles. The van der Waals surface area contributed by atoms with Crippen molar-refractivity contribution in [2.45, 2.75) is 39.7 Å². The van der Waals surface area contributed by atoms with Crippen molar-refractivity contribution in [2.75, 3.05) is 5.88 Å². The molecule has 1 unspecified atom stereocenters. The van der Waals surface area contributed by atoms with Gasteiger partial charge in [-0.25, -0.2) is 0 Å². The van der Waals surface area contributed by atoms with Crippen molar-refractivity contribution in [1.29, 1.82) is 0 Å². The van der Waals surface area contributed by atoms with Crippen LogP contribution in [0.3, 0.4) is 0 Å². The highest BCUT2D eigenvalue weighted by Crippen LogP contribution is 2.22. The largest absolute Gasteiger partial charge is 0.353 e. The number of benzene rings is 1. The van der Waals surface area contributed by atoms with Crippen molar-refractivity contribution in [3.63, 3.8) is 0 Å². The van der Waals surface area contributed by atoms with Crippen molar-refractivity contribution >= 4 is 17.5 Å². The molecule has 18 heavy (non-hydrogen) atoms. The first kappa shape index (κ1) is 15.0. The summed E-state index contributed by atoms with van der Waals surface area (Å²) in [5.74, 6) is 0.624. The Morgan fingerprint density at radius 2 is 1.89 bits per heavy atom. The molecule has 0 aromatic heterocycles. The van der Waals surface area contributed by atoms with E-state index < -0.39 is 0 Å². The van der Waals surface area contributed by atoms with Crippen LogP contribution in [-0.2, 0) is 11.2 Å². The zero-order chi connectivity index (χ0) is 13.6. The minimum atomic E-state index is 0.0290. The average Bonchev–Trinajstić information content (AvgIpc) is 2.28. The van der Waals surface area contributed by atoms with Crippen LogP contribution in [0, 0.1) is 5.41 Å². The first-order valence-electron chi connectivity index (χ1n) is 6.32.